The van der Waals surface area contributed by atoms with Gasteiger partial charge in [0, 0.05) is 0 Å². The van der Waals surface area contributed by atoms with Crippen LogP contribution in [-0.4, -0.2) is 19.6 Å². The van der Waals surface area contributed by atoms with Crippen LogP contribution in [0.15, 0.2) is 30.3 Å². The molecule has 0 heterocycles. The number of hydrogen-bond acceptors (Lipinski definition) is 6. The van der Waals surface area contributed by atoms with Crippen molar-refractivity contribution in [3.63, 3.8) is 0 Å². The van der Waals surface area contributed by atoms with E-state index in [4.69, 9.17) is 19.6 Å². The molecule has 0 aliphatic carbocycles. The van der Waals surface area contributed by atoms with Crippen LogP contribution in [0.25, 0.3) is 0 Å². The van der Waals surface area contributed by atoms with Gasteiger partial charge < -0.3 is 0 Å². The van der Waals surface area contributed by atoms with E-state index in [0.29, 0.717) is 0 Å². The SMILES string of the molecule is Cc1ccccc1.OP(O)[O][Ni][O]P(O)O. The summed E-state index contributed by atoms with van der Waals surface area (Å²) in [4.78, 5) is 32.0. The van der Waals surface area contributed by atoms with E-state index in [9.17, 15) is 0 Å². The second-order valence-electron chi connectivity index (χ2n) is 2.33. The second-order valence-corrected chi connectivity index (χ2v) is 4.82. The third-order valence-corrected chi connectivity index (χ3v) is 2.80. The molecule has 1 rings (SSSR count). The van der Waals surface area contributed by atoms with Crippen LogP contribution >= 0.6 is 17.2 Å². The topological polar surface area (TPSA) is 99.4 Å². The van der Waals surface area contributed by atoms with Gasteiger partial charge in [0.2, 0.25) is 0 Å². The third-order valence-electron chi connectivity index (χ3n) is 1.09. The molecule has 1 aromatic carbocycles. The summed E-state index contributed by atoms with van der Waals surface area (Å²) in [5, 5.41) is 0. The van der Waals surface area contributed by atoms with Crippen LogP contribution in [0.1, 0.15) is 5.56 Å². The normalized spacial score (nSPS) is 10.4. The average molecular weight is 313 g/mol. The molecule has 0 radical (unpaired) electrons. The molecular formula is C7H12NiO6P2. The standard InChI is InChI=1S/C7H8.Ni.2H2O3P/c1-7-5-3-2-4-6-7;;2*1-4(2)3/h2-6H,1H3;;2*1-2H/q;+2;2*-1. The van der Waals surface area contributed by atoms with E-state index in [2.05, 4.69) is 26.4 Å². The van der Waals surface area contributed by atoms with Crippen molar-refractivity contribution < 1.29 is 42.0 Å². The van der Waals surface area contributed by atoms with Crippen molar-refractivity contribution in [3.8, 4) is 0 Å². The van der Waals surface area contributed by atoms with Crippen molar-refractivity contribution >= 4 is 17.2 Å². The molecule has 0 spiro atoms. The van der Waals surface area contributed by atoms with Gasteiger partial charge in [-0.1, -0.05) is 35.9 Å². The van der Waals surface area contributed by atoms with Crippen LogP contribution in [0.3, 0.4) is 0 Å². The van der Waals surface area contributed by atoms with Crippen molar-refractivity contribution in [2.45, 2.75) is 6.92 Å². The van der Waals surface area contributed by atoms with E-state index >= 15 is 0 Å². The zero-order valence-electron chi connectivity index (χ0n) is 8.20. The summed E-state index contributed by atoms with van der Waals surface area (Å²) in [5.41, 5.74) is 1.32. The third kappa shape index (κ3) is 12.4. The van der Waals surface area contributed by atoms with Crippen LogP contribution in [0.5, 0.6) is 0 Å². The van der Waals surface area contributed by atoms with Crippen LogP contribution < -0.4 is 0 Å². The first kappa shape index (κ1) is 16.3. The van der Waals surface area contributed by atoms with Crippen molar-refractivity contribution in [1.82, 2.24) is 0 Å². The molecule has 4 N–H and O–H groups in total. The predicted molar refractivity (Wildman–Crippen MR) is 56.1 cm³/mol. The van der Waals surface area contributed by atoms with Gasteiger partial charge in [0.15, 0.2) is 0 Å². The first-order valence-electron chi connectivity index (χ1n) is 3.83. The van der Waals surface area contributed by atoms with Crippen molar-refractivity contribution in [1.29, 1.82) is 0 Å². The van der Waals surface area contributed by atoms with Gasteiger partial charge in [-0.3, -0.25) is 0 Å². The first-order valence-corrected chi connectivity index (χ1v) is 6.97. The van der Waals surface area contributed by atoms with Crippen LogP contribution in [0.4, 0.5) is 0 Å². The van der Waals surface area contributed by atoms with Crippen molar-refractivity contribution in [3.05, 3.63) is 35.9 Å². The number of benzene rings is 1. The Balaban J connectivity index is 0.000000288. The summed E-state index contributed by atoms with van der Waals surface area (Å²) in [6, 6.07) is 10.3. The minimum absolute atomic E-state index is 0.0373. The Labute approximate surface area is 102 Å². The number of hydrogen-bond donors (Lipinski definition) is 4. The van der Waals surface area contributed by atoms with Crippen molar-refractivity contribution in [2.75, 3.05) is 0 Å². The van der Waals surface area contributed by atoms with Gasteiger partial charge in [-0.25, -0.2) is 0 Å². The van der Waals surface area contributed by atoms with Crippen LogP contribution in [0.2, 0.25) is 0 Å². The van der Waals surface area contributed by atoms with Crippen LogP contribution in [-0.2, 0) is 22.4 Å². The molecule has 1 aromatic rings. The Bertz CT molecular complexity index is 252. The maximum absolute atomic E-state index is 8.01. The predicted octanol–water partition coefficient (Wildman–Crippen LogP) is 1.35. The van der Waals surface area contributed by atoms with Gasteiger partial charge in [-0.2, -0.15) is 0 Å². The maximum atomic E-state index is 8.01. The zero-order valence-corrected chi connectivity index (χ0v) is 11.0. The fraction of sp³-hybridized carbons (Fsp3) is 0.143. The fourth-order valence-electron chi connectivity index (χ4n) is 0.587. The van der Waals surface area contributed by atoms with E-state index in [1.54, 1.807) is 0 Å². The average Bonchev–Trinajstić information content (AvgIpc) is 2.18. The monoisotopic (exact) mass is 312 g/mol. The molecule has 16 heavy (non-hydrogen) atoms. The van der Waals surface area contributed by atoms with E-state index < -0.39 is 17.2 Å². The molecule has 0 fully saturated rings. The Morgan fingerprint density at radius 2 is 1.38 bits per heavy atom. The Morgan fingerprint density at radius 3 is 1.62 bits per heavy atom. The summed E-state index contributed by atoms with van der Waals surface area (Å²) >= 11 is -0.0373. The zero-order chi connectivity index (χ0) is 12.4. The Kier molecular flexibility index (Phi) is 10.7. The van der Waals surface area contributed by atoms with Gasteiger partial charge in [0.1, 0.15) is 0 Å². The minimum atomic E-state index is -2.50. The van der Waals surface area contributed by atoms with Gasteiger partial charge in [0.25, 0.3) is 0 Å². The summed E-state index contributed by atoms with van der Waals surface area (Å²) in [6.07, 6.45) is 0. The van der Waals surface area contributed by atoms with Gasteiger partial charge in [-0.05, 0) is 6.92 Å². The van der Waals surface area contributed by atoms with Gasteiger partial charge in [0.05, 0.1) is 0 Å². The fourth-order valence-corrected chi connectivity index (χ4v) is 1.45. The number of aryl methyl sites for hydroxylation is 1. The molecule has 0 unspecified atom stereocenters. The molecule has 0 amide bonds. The van der Waals surface area contributed by atoms with Crippen molar-refractivity contribution in [2.24, 2.45) is 0 Å². The Morgan fingerprint density at radius 1 is 0.938 bits per heavy atom. The molecule has 0 aliphatic rings. The van der Waals surface area contributed by atoms with E-state index in [0.717, 1.165) is 0 Å². The molecule has 0 atom stereocenters. The molecule has 6 nitrogen and oxygen atoms in total. The quantitative estimate of drug-likeness (QED) is 0.495. The molecule has 0 aromatic heterocycles. The molecule has 0 saturated heterocycles. The molecule has 96 valence electrons. The van der Waals surface area contributed by atoms with Crippen LogP contribution in [0, 0.1) is 6.92 Å². The molecule has 0 bridgehead atoms. The van der Waals surface area contributed by atoms with E-state index in [-0.39, 0.29) is 15.1 Å². The van der Waals surface area contributed by atoms with Gasteiger partial charge >= 0.3 is 59.2 Å². The number of rotatable bonds is 4. The molecular weight excluding hydrogens is 301 g/mol. The first-order chi connectivity index (χ1) is 7.52. The second kappa shape index (κ2) is 10.5. The van der Waals surface area contributed by atoms with E-state index in [1.807, 2.05) is 18.2 Å². The molecule has 9 heteroatoms. The summed E-state index contributed by atoms with van der Waals surface area (Å²) in [5.74, 6) is 0. The molecule has 0 saturated carbocycles. The summed E-state index contributed by atoms with van der Waals surface area (Å²) in [6.45, 7) is 2.08. The van der Waals surface area contributed by atoms with E-state index in [1.165, 1.54) is 5.56 Å². The molecule has 0 aliphatic heterocycles. The summed E-state index contributed by atoms with van der Waals surface area (Å²) in [7, 11) is -4.99. The summed E-state index contributed by atoms with van der Waals surface area (Å²) < 4.78 is 7.88. The Hall–Kier alpha value is 0.334. The van der Waals surface area contributed by atoms with Gasteiger partial charge in [-0.15, -0.1) is 0 Å².